The van der Waals surface area contributed by atoms with E-state index in [1.165, 1.54) is 42.2 Å². The molecule has 2 aliphatic rings. The van der Waals surface area contributed by atoms with E-state index in [2.05, 4.69) is 12.1 Å². The number of halogens is 2. The molecule has 4 rings (SSSR count). The summed E-state index contributed by atoms with van der Waals surface area (Å²) in [6, 6.07) is 9.84. The Morgan fingerprint density at radius 2 is 1.86 bits per heavy atom. The van der Waals surface area contributed by atoms with Crippen molar-refractivity contribution in [3.8, 4) is 5.75 Å². The molecule has 0 aromatic heterocycles. The number of rotatable bonds is 5. The van der Waals surface area contributed by atoms with Crippen LogP contribution in [0.3, 0.4) is 0 Å². The molecule has 1 aliphatic carbocycles. The molecule has 0 bridgehead atoms. The molecule has 0 N–H and O–H groups in total. The van der Waals surface area contributed by atoms with Crippen molar-refractivity contribution in [2.45, 2.75) is 38.2 Å². The van der Waals surface area contributed by atoms with Crippen molar-refractivity contribution < 1.29 is 23.0 Å². The summed E-state index contributed by atoms with van der Waals surface area (Å²) in [6.45, 7) is 1.46. The van der Waals surface area contributed by atoms with Crippen molar-refractivity contribution in [1.29, 1.82) is 0 Å². The number of nitrogens with zero attached hydrogens (tertiary/aromatic N) is 1. The van der Waals surface area contributed by atoms with Crippen LogP contribution in [0.5, 0.6) is 5.75 Å². The van der Waals surface area contributed by atoms with E-state index in [-0.39, 0.29) is 24.0 Å². The zero-order chi connectivity index (χ0) is 20.2. The molecule has 1 saturated heterocycles. The van der Waals surface area contributed by atoms with Crippen LogP contribution in [-0.2, 0) is 28.8 Å². The number of amides is 1. The van der Waals surface area contributed by atoms with Gasteiger partial charge in [0.2, 0.25) is 5.91 Å². The normalized spacial score (nSPS) is 19.0. The smallest absolute Gasteiger partial charge is 0.227 e. The highest BCUT2D eigenvalue weighted by Gasteiger charge is 2.26. The van der Waals surface area contributed by atoms with Crippen LogP contribution in [0.15, 0.2) is 36.4 Å². The molecule has 0 spiro atoms. The summed E-state index contributed by atoms with van der Waals surface area (Å²) >= 11 is 0. The van der Waals surface area contributed by atoms with Gasteiger partial charge in [0.15, 0.2) is 0 Å². The largest absolute Gasteiger partial charge is 0.491 e. The molecule has 0 saturated carbocycles. The standard InChI is InChI=1S/C23H25F2NO3/c24-21-6-3-7-22(25)20(21)13-23(27)26-10-11-28-19(14-26)15-29-18-9-8-16-4-1-2-5-17(16)12-18/h3,6-9,12,19H,1-2,4-5,10-11,13-15H2/t19-/m0/s1. The van der Waals surface area contributed by atoms with E-state index in [4.69, 9.17) is 9.47 Å². The van der Waals surface area contributed by atoms with E-state index in [9.17, 15) is 13.6 Å². The summed E-state index contributed by atoms with van der Waals surface area (Å²) in [5.41, 5.74) is 2.56. The van der Waals surface area contributed by atoms with Crippen LogP contribution in [-0.4, -0.2) is 43.2 Å². The fourth-order valence-electron chi connectivity index (χ4n) is 4.00. The first kappa shape index (κ1) is 19.8. The van der Waals surface area contributed by atoms with Gasteiger partial charge in [0.1, 0.15) is 30.1 Å². The summed E-state index contributed by atoms with van der Waals surface area (Å²) in [5.74, 6) is -0.889. The number of carbonyl (C=O) groups is 1. The zero-order valence-electron chi connectivity index (χ0n) is 16.3. The van der Waals surface area contributed by atoms with E-state index in [1.54, 1.807) is 4.90 Å². The molecular weight excluding hydrogens is 376 g/mol. The predicted octanol–water partition coefficient (Wildman–Crippen LogP) is 3.69. The maximum Gasteiger partial charge on any atom is 0.227 e. The van der Waals surface area contributed by atoms with Crippen LogP contribution >= 0.6 is 0 Å². The molecule has 2 aromatic rings. The van der Waals surface area contributed by atoms with Crippen LogP contribution < -0.4 is 4.74 Å². The molecule has 154 valence electrons. The van der Waals surface area contributed by atoms with Gasteiger partial charge in [0, 0.05) is 12.1 Å². The van der Waals surface area contributed by atoms with Crippen LogP contribution in [0.25, 0.3) is 0 Å². The first-order chi connectivity index (χ1) is 14.1. The highest BCUT2D eigenvalue weighted by Crippen LogP contribution is 2.25. The molecule has 29 heavy (non-hydrogen) atoms. The summed E-state index contributed by atoms with van der Waals surface area (Å²) in [6.07, 6.45) is 4.10. The zero-order valence-corrected chi connectivity index (χ0v) is 16.3. The van der Waals surface area contributed by atoms with E-state index < -0.39 is 11.6 Å². The lowest BCUT2D eigenvalue weighted by Gasteiger charge is -2.33. The fourth-order valence-corrected chi connectivity index (χ4v) is 4.00. The van der Waals surface area contributed by atoms with Gasteiger partial charge in [0.05, 0.1) is 19.6 Å². The molecule has 1 fully saturated rings. The number of hydrogen-bond acceptors (Lipinski definition) is 3. The van der Waals surface area contributed by atoms with Crippen LogP contribution in [0.2, 0.25) is 0 Å². The Balaban J connectivity index is 1.33. The Kier molecular flexibility index (Phi) is 6.09. The minimum absolute atomic E-state index is 0.189. The van der Waals surface area contributed by atoms with Gasteiger partial charge in [-0.05, 0) is 61.1 Å². The highest BCUT2D eigenvalue weighted by molar-refractivity contribution is 5.79. The second kappa shape index (κ2) is 8.91. The Labute approximate surface area is 169 Å². The molecule has 1 amide bonds. The summed E-state index contributed by atoms with van der Waals surface area (Å²) in [7, 11) is 0. The lowest BCUT2D eigenvalue weighted by atomic mass is 9.92. The second-order valence-electron chi connectivity index (χ2n) is 7.66. The Morgan fingerprint density at radius 1 is 1.10 bits per heavy atom. The number of aryl methyl sites for hydroxylation is 2. The Bertz CT molecular complexity index is 866. The third kappa shape index (κ3) is 4.75. The van der Waals surface area contributed by atoms with Gasteiger partial charge in [-0.3, -0.25) is 4.79 Å². The molecule has 0 unspecified atom stereocenters. The minimum Gasteiger partial charge on any atom is -0.491 e. The molecule has 1 atom stereocenters. The molecule has 6 heteroatoms. The first-order valence-electron chi connectivity index (χ1n) is 10.2. The van der Waals surface area contributed by atoms with Gasteiger partial charge in [-0.2, -0.15) is 0 Å². The maximum atomic E-state index is 13.8. The number of benzene rings is 2. The topological polar surface area (TPSA) is 38.8 Å². The molecule has 0 radical (unpaired) electrons. The van der Waals surface area contributed by atoms with Crippen molar-refractivity contribution in [2.75, 3.05) is 26.3 Å². The monoisotopic (exact) mass is 401 g/mol. The third-order valence-electron chi connectivity index (χ3n) is 5.64. The summed E-state index contributed by atoms with van der Waals surface area (Å²) < 4.78 is 39.3. The third-order valence-corrected chi connectivity index (χ3v) is 5.64. The maximum absolute atomic E-state index is 13.8. The van der Waals surface area contributed by atoms with Crippen LogP contribution in [0.1, 0.15) is 29.5 Å². The van der Waals surface area contributed by atoms with Crippen LogP contribution in [0.4, 0.5) is 8.78 Å². The van der Waals surface area contributed by atoms with Gasteiger partial charge in [-0.15, -0.1) is 0 Å². The van der Waals surface area contributed by atoms with Gasteiger partial charge in [-0.1, -0.05) is 12.1 Å². The average Bonchev–Trinajstić information content (AvgIpc) is 2.75. The molecule has 2 aromatic carbocycles. The van der Waals surface area contributed by atoms with E-state index >= 15 is 0 Å². The van der Waals surface area contributed by atoms with Crippen molar-refractivity contribution in [3.63, 3.8) is 0 Å². The lowest BCUT2D eigenvalue weighted by Crippen LogP contribution is -2.48. The van der Waals surface area contributed by atoms with E-state index in [0.717, 1.165) is 18.6 Å². The number of hydrogen-bond donors (Lipinski definition) is 0. The molecular formula is C23H25F2NO3. The second-order valence-corrected chi connectivity index (χ2v) is 7.66. The van der Waals surface area contributed by atoms with Gasteiger partial charge in [-0.25, -0.2) is 8.78 Å². The molecule has 1 aliphatic heterocycles. The number of carbonyl (C=O) groups excluding carboxylic acids is 1. The van der Waals surface area contributed by atoms with E-state index in [0.29, 0.717) is 26.3 Å². The van der Waals surface area contributed by atoms with E-state index in [1.807, 2.05) is 6.07 Å². The van der Waals surface area contributed by atoms with Gasteiger partial charge < -0.3 is 14.4 Å². The first-order valence-corrected chi connectivity index (χ1v) is 10.2. The molecule has 4 nitrogen and oxygen atoms in total. The number of morpholine rings is 1. The number of fused-ring (bicyclic) bond motifs is 1. The highest BCUT2D eigenvalue weighted by atomic mass is 19.1. The van der Waals surface area contributed by atoms with Gasteiger partial charge in [0.25, 0.3) is 0 Å². The minimum atomic E-state index is -0.695. The average molecular weight is 401 g/mol. The predicted molar refractivity (Wildman–Crippen MR) is 105 cm³/mol. The SMILES string of the molecule is O=C(Cc1c(F)cccc1F)N1CCO[C@H](COc2ccc3c(c2)CCCC3)C1. The van der Waals surface area contributed by atoms with Crippen molar-refractivity contribution >= 4 is 5.91 Å². The summed E-state index contributed by atoms with van der Waals surface area (Å²) in [4.78, 5) is 14.1. The Morgan fingerprint density at radius 3 is 2.66 bits per heavy atom. The summed E-state index contributed by atoms with van der Waals surface area (Å²) in [5, 5.41) is 0. The van der Waals surface area contributed by atoms with Crippen molar-refractivity contribution in [2.24, 2.45) is 0 Å². The number of ether oxygens (including phenoxy) is 2. The van der Waals surface area contributed by atoms with Gasteiger partial charge >= 0.3 is 0 Å². The fraction of sp³-hybridized carbons (Fsp3) is 0.435. The quantitative estimate of drug-likeness (QED) is 0.767. The van der Waals surface area contributed by atoms with Crippen molar-refractivity contribution in [1.82, 2.24) is 4.90 Å². The van der Waals surface area contributed by atoms with Crippen molar-refractivity contribution in [3.05, 3.63) is 64.7 Å². The lowest BCUT2D eigenvalue weighted by molar-refractivity contribution is -0.139. The van der Waals surface area contributed by atoms with Crippen LogP contribution in [0, 0.1) is 11.6 Å². The molecule has 1 heterocycles. The Hall–Kier alpha value is -2.47.